The number of carbonyl (C=O) groups is 1. The number of aryl methyl sites for hydroxylation is 1. The van der Waals surface area contributed by atoms with Gasteiger partial charge >= 0.3 is 0 Å². The number of anilines is 1. The molecule has 2 saturated carbocycles. The van der Waals surface area contributed by atoms with Crippen LogP contribution in [0.5, 0.6) is 0 Å². The molecule has 1 aromatic rings. The molecule has 108 valence electrons. The van der Waals surface area contributed by atoms with E-state index in [1.54, 1.807) is 0 Å². The van der Waals surface area contributed by atoms with Crippen LogP contribution in [-0.4, -0.2) is 30.9 Å². The smallest absolute Gasteiger partial charge is 0.255 e. The average molecular weight is 272 g/mol. The molecule has 1 aromatic carbocycles. The minimum atomic E-state index is 0.205. The fourth-order valence-corrected chi connectivity index (χ4v) is 2.69. The molecule has 0 unspecified atom stereocenters. The number of rotatable bonds is 6. The Hall–Kier alpha value is -1.51. The second-order valence-corrected chi connectivity index (χ2v) is 6.40. The van der Waals surface area contributed by atoms with Gasteiger partial charge in [-0.15, -0.1) is 0 Å². The van der Waals surface area contributed by atoms with E-state index in [1.807, 2.05) is 26.1 Å². The van der Waals surface area contributed by atoms with E-state index < -0.39 is 0 Å². The van der Waals surface area contributed by atoms with Gasteiger partial charge in [0.15, 0.2) is 0 Å². The standard InChI is InChI=1S/C17H24N2O/c1-12-3-8-16(18-2)15(9-12)17(20)19(10-13-4-5-13)11-14-6-7-14/h3,8-9,13-14,18H,4-7,10-11H2,1-2H3. The monoisotopic (exact) mass is 272 g/mol. The second kappa shape index (κ2) is 5.47. The Kier molecular flexibility index (Phi) is 3.68. The van der Waals surface area contributed by atoms with Crippen molar-refractivity contribution < 1.29 is 4.79 Å². The van der Waals surface area contributed by atoms with Crippen molar-refractivity contribution in [1.29, 1.82) is 0 Å². The van der Waals surface area contributed by atoms with Gasteiger partial charge in [-0.1, -0.05) is 11.6 Å². The van der Waals surface area contributed by atoms with Crippen LogP contribution in [0.3, 0.4) is 0 Å². The molecule has 3 heteroatoms. The van der Waals surface area contributed by atoms with Gasteiger partial charge in [-0.25, -0.2) is 0 Å². The lowest BCUT2D eigenvalue weighted by atomic mass is 10.1. The molecule has 0 radical (unpaired) electrons. The molecule has 2 fully saturated rings. The predicted molar refractivity (Wildman–Crippen MR) is 82.1 cm³/mol. The first-order chi connectivity index (χ1) is 9.67. The Bertz CT molecular complexity index is 490. The summed E-state index contributed by atoms with van der Waals surface area (Å²) in [6.07, 6.45) is 5.17. The Morgan fingerprint density at radius 2 is 1.80 bits per heavy atom. The van der Waals surface area contributed by atoms with Crippen LogP contribution in [0.1, 0.15) is 41.6 Å². The molecule has 1 N–H and O–H groups in total. The first-order valence-corrected chi connectivity index (χ1v) is 7.75. The largest absolute Gasteiger partial charge is 0.387 e. The van der Waals surface area contributed by atoms with Gasteiger partial charge in [-0.3, -0.25) is 4.79 Å². The SMILES string of the molecule is CNc1ccc(C)cc1C(=O)N(CC1CC1)CC1CC1. The molecule has 2 aliphatic rings. The van der Waals surface area contributed by atoms with Crippen molar-refractivity contribution in [3.8, 4) is 0 Å². The molecule has 2 aliphatic carbocycles. The molecule has 3 rings (SSSR count). The lowest BCUT2D eigenvalue weighted by Gasteiger charge is -2.24. The van der Waals surface area contributed by atoms with Crippen LogP contribution < -0.4 is 5.32 Å². The lowest BCUT2D eigenvalue weighted by Crippen LogP contribution is -2.35. The quantitative estimate of drug-likeness (QED) is 0.861. The molecule has 0 saturated heterocycles. The summed E-state index contributed by atoms with van der Waals surface area (Å²) < 4.78 is 0. The van der Waals surface area contributed by atoms with Gasteiger partial charge in [0.05, 0.1) is 5.56 Å². The average Bonchev–Trinajstić information content (AvgIpc) is 3.32. The van der Waals surface area contributed by atoms with Gasteiger partial charge in [0, 0.05) is 25.8 Å². The van der Waals surface area contributed by atoms with Crippen LogP contribution in [0.4, 0.5) is 5.69 Å². The summed E-state index contributed by atoms with van der Waals surface area (Å²) in [6.45, 7) is 3.95. The number of carbonyl (C=O) groups excluding carboxylic acids is 1. The summed E-state index contributed by atoms with van der Waals surface area (Å²) in [4.78, 5) is 15.0. The van der Waals surface area contributed by atoms with Gasteiger partial charge in [-0.05, 0) is 56.6 Å². The van der Waals surface area contributed by atoms with Crippen molar-refractivity contribution in [3.63, 3.8) is 0 Å². The molecule has 0 aromatic heterocycles. The van der Waals surface area contributed by atoms with Crippen LogP contribution in [0.25, 0.3) is 0 Å². The second-order valence-electron chi connectivity index (χ2n) is 6.40. The van der Waals surface area contributed by atoms with Crippen molar-refractivity contribution in [2.75, 3.05) is 25.5 Å². The minimum absolute atomic E-state index is 0.205. The van der Waals surface area contributed by atoms with E-state index in [4.69, 9.17) is 0 Å². The molecule has 0 atom stereocenters. The van der Waals surface area contributed by atoms with Gasteiger partial charge in [0.2, 0.25) is 0 Å². The van der Waals surface area contributed by atoms with Crippen molar-refractivity contribution in [2.45, 2.75) is 32.6 Å². The third kappa shape index (κ3) is 3.14. The highest BCUT2D eigenvalue weighted by molar-refractivity contribution is 5.99. The van der Waals surface area contributed by atoms with E-state index in [0.29, 0.717) is 0 Å². The maximum Gasteiger partial charge on any atom is 0.255 e. The van der Waals surface area contributed by atoms with E-state index in [1.165, 1.54) is 25.7 Å². The number of hydrogen-bond acceptors (Lipinski definition) is 2. The molecule has 3 nitrogen and oxygen atoms in total. The molecule has 0 bridgehead atoms. The molecule has 20 heavy (non-hydrogen) atoms. The Morgan fingerprint density at radius 1 is 1.20 bits per heavy atom. The predicted octanol–water partition coefficient (Wildman–Crippen LogP) is 3.30. The highest BCUT2D eigenvalue weighted by atomic mass is 16.2. The van der Waals surface area contributed by atoms with Gasteiger partial charge in [0.1, 0.15) is 0 Å². The van der Waals surface area contributed by atoms with Crippen LogP contribution in [0.15, 0.2) is 18.2 Å². The van der Waals surface area contributed by atoms with Gasteiger partial charge in [0.25, 0.3) is 5.91 Å². The van der Waals surface area contributed by atoms with Crippen molar-refractivity contribution >= 4 is 11.6 Å². The first-order valence-electron chi connectivity index (χ1n) is 7.75. The summed E-state index contributed by atoms with van der Waals surface area (Å²) in [5.74, 6) is 1.71. The van der Waals surface area contributed by atoms with Crippen LogP contribution in [0.2, 0.25) is 0 Å². The van der Waals surface area contributed by atoms with E-state index in [2.05, 4.69) is 16.3 Å². The Labute approximate surface area is 121 Å². The summed E-state index contributed by atoms with van der Waals surface area (Å²) in [6, 6.07) is 6.07. The number of benzene rings is 1. The third-order valence-electron chi connectivity index (χ3n) is 4.31. The van der Waals surface area contributed by atoms with E-state index >= 15 is 0 Å². The van der Waals surface area contributed by atoms with Crippen molar-refractivity contribution in [2.24, 2.45) is 11.8 Å². The topological polar surface area (TPSA) is 32.3 Å². The fraction of sp³-hybridized carbons (Fsp3) is 0.588. The summed E-state index contributed by atoms with van der Waals surface area (Å²) in [5, 5.41) is 3.15. The highest BCUT2D eigenvalue weighted by Gasteiger charge is 2.32. The first kappa shape index (κ1) is 13.5. The van der Waals surface area contributed by atoms with Crippen molar-refractivity contribution in [1.82, 2.24) is 4.90 Å². The lowest BCUT2D eigenvalue weighted by molar-refractivity contribution is 0.0740. The van der Waals surface area contributed by atoms with Crippen molar-refractivity contribution in [3.05, 3.63) is 29.3 Å². The fourth-order valence-electron chi connectivity index (χ4n) is 2.69. The third-order valence-corrected chi connectivity index (χ3v) is 4.31. The zero-order valence-electron chi connectivity index (χ0n) is 12.5. The summed E-state index contributed by atoms with van der Waals surface area (Å²) in [7, 11) is 1.88. The highest BCUT2D eigenvalue weighted by Crippen LogP contribution is 2.34. The molecule has 1 amide bonds. The molecular weight excluding hydrogens is 248 g/mol. The van der Waals surface area contributed by atoms with E-state index in [-0.39, 0.29) is 5.91 Å². The number of amides is 1. The number of hydrogen-bond donors (Lipinski definition) is 1. The normalized spacial score (nSPS) is 17.9. The zero-order valence-corrected chi connectivity index (χ0v) is 12.5. The zero-order chi connectivity index (χ0) is 14.1. The van der Waals surface area contributed by atoms with Crippen LogP contribution in [-0.2, 0) is 0 Å². The van der Waals surface area contributed by atoms with Gasteiger partial charge < -0.3 is 10.2 Å². The Balaban J connectivity index is 1.81. The maximum absolute atomic E-state index is 12.9. The van der Waals surface area contributed by atoms with E-state index in [0.717, 1.165) is 41.7 Å². The number of nitrogens with one attached hydrogen (secondary N) is 1. The Morgan fingerprint density at radius 3 is 2.30 bits per heavy atom. The minimum Gasteiger partial charge on any atom is -0.387 e. The molecule has 0 aliphatic heterocycles. The maximum atomic E-state index is 12.9. The van der Waals surface area contributed by atoms with Gasteiger partial charge in [-0.2, -0.15) is 0 Å². The molecule has 0 spiro atoms. The van der Waals surface area contributed by atoms with E-state index in [9.17, 15) is 4.79 Å². The summed E-state index contributed by atoms with van der Waals surface area (Å²) in [5.41, 5.74) is 2.91. The van der Waals surface area contributed by atoms with Crippen LogP contribution >= 0.6 is 0 Å². The van der Waals surface area contributed by atoms with Crippen LogP contribution in [0, 0.1) is 18.8 Å². The number of nitrogens with zero attached hydrogens (tertiary/aromatic N) is 1. The summed E-state index contributed by atoms with van der Waals surface area (Å²) >= 11 is 0. The molecule has 0 heterocycles. The molecular formula is C17H24N2O.